The van der Waals surface area contributed by atoms with Crippen molar-refractivity contribution in [3.8, 4) is 0 Å². The number of carbonyl (C=O) groups excluding carboxylic acids is 1. The summed E-state index contributed by atoms with van der Waals surface area (Å²) in [4.78, 5) is 17.1. The van der Waals surface area contributed by atoms with Gasteiger partial charge in [0.25, 0.3) is 0 Å². The van der Waals surface area contributed by atoms with E-state index in [1.54, 1.807) is 47.4 Å². The first kappa shape index (κ1) is 22.2. The minimum Gasteiger partial charge on any atom is -0.366 e. The first-order valence-corrected chi connectivity index (χ1v) is 12.6. The van der Waals surface area contributed by atoms with E-state index in [1.807, 2.05) is 4.90 Å². The molecule has 0 spiro atoms. The van der Waals surface area contributed by atoms with Crippen LogP contribution in [0.5, 0.6) is 0 Å². The van der Waals surface area contributed by atoms with Gasteiger partial charge in [-0.15, -0.1) is 0 Å². The van der Waals surface area contributed by atoms with Crippen molar-refractivity contribution in [2.45, 2.75) is 17.7 Å². The van der Waals surface area contributed by atoms with Gasteiger partial charge in [0, 0.05) is 43.7 Å². The smallest absolute Gasteiger partial charge is 0.243 e. The first-order chi connectivity index (χ1) is 14.9. The van der Waals surface area contributed by atoms with E-state index in [4.69, 9.17) is 0 Å². The number of anilines is 1. The number of benzene rings is 2. The zero-order chi connectivity index (χ0) is 22.0. The molecule has 0 aromatic heterocycles. The van der Waals surface area contributed by atoms with E-state index in [2.05, 4.69) is 15.9 Å². The van der Waals surface area contributed by atoms with E-state index >= 15 is 0 Å². The third-order valence-electron chi connectivity index (χ3n) is 5.97. The van der Waals surface area contributed by atoms with Gasteiger partial charge in [0.15, 0.2) is 0 Å². The molecule has 1 atom stereocenters. The number of amides is 1. The third kappa shape index (κ3) is 4.78. The van der Waals surface area contributed by atoms with Crippen LogP contribution in [0.1, 0.15) is 12.8 Å². The molecule has 6 nitrogen and oxygen atoms in total. The van der Waals surface area contributed by atoms with E-state index in [-0.39, 0.29) is 29.1 Å². The minimum atomic E-state index is -3.63. The Bertz CT molecular complexity index is 1040. The fraction of sp³-hybridized carbons (Fsp3) is 0.409. The Hall–Kier alpha value is -1.97. The summed E-state index contributed by atoms with van der Waals surface area (Å²) < 4.78 is 42.3. The molecule has 0 aliphatic carbocycles. The topological polar surface area (TPSA) is 60.9 Å². The van der Waals surface area contributed by atoms with Crippen LogP contribution in [0.3, 0.4) is 0 Å². The number of sulfonamides is 1. The Morgan fingerprint density at radius 3 is 2.32 bits per heavy atom. The molecule has 0 radical (unpaired) electrons. The molecule has 2 fully saturated rings. The van der Waals surface area contributed by atoms with Crippen LogP contribution < -0.4 is 4.90 Å². The fourth-order valence-electron chi connectivity index (χ4n) is 4.25. The lowest BCUT2D eigenvalue weighted by atomic mass is 9.97. The Labute approximate surface area is 190 Å². The maximum absolute atomic E-state index is 14.1. The molecule has 2 aliphatic heterocycles. The Balaban J connectivity index is 1.39. The fourth-order valence-corrected chi connectivity index (χ4v) is 6.04. The van der Waals surface area contributed by atoms with Gasteiger partial charge in [-0.1, -0.05) is 28.1 Å². The number of carbonyl (C=O) groups is 1. The maximum atomic E-state index is 14.1. The predicted molar refractivity (Wildman–Crippen MR) is 121 cm³/mol. The van der Waals surface area contributed by atoms with E-state index in [0.717, 1.165) is 4.47 Å². The van der Waals surface area contributed by atoms with Gasteiger partial charge in [-0.3, -0.25) is 4.79 Å². The summed E-state index contributed by atoms with van der Waals surface area (Å²) in [7, 11) is -3.63. The summed E-state index contributed by atoms with van der Waals surface area (Å²) in [5.41, 5.74) is 0.555. The van der Waals surface area contributed by atoms with Crippen molar-refractivity contribution in [2.75, 3.05) is 44.2 Å². The van der Waals surface area contributed by atoms with Gasteiger partial charge in [-0.05, 0) is 49.2 Å². The number of piperidine rings is 1. The van der Waals surface area contributed by atoms with Gasteiger partial charge in [-0.2, -0.15) is 4.31 Å². The van der Waals surface area contributed by atoms with Crippen molar-refractivity contribution in [1.29, 1.82) is 0 Å². The van der Waals surface area contributed by atoms with Gasteiger partial charge >= 0.3 is 0 Å². The molecule has 2 aliphatic rings. The Morgan fingerprint density at radius 1 is 0.968 bits per heavy atom. The summed E-state index contributed by atoms with van der Waals surface area (Å²) in [6.07, 6.45) is 1.33. The number of rotatable bonds is 4. The number of para-hydroxylation sites is 1. The molecule has 2 aromatic rings. The average molecular weight is 510 g/mol. The maximum Gasteiger partial charge on any atom is 0.243 e. The van der Waals surface area contributed by atoms with E-state index < -0.39 is 10.0 Å². The molecule has 9 heteroatoms. The van der Waals surface area contributed by atoms with Crippen molar-refractivity contribution in [2.24, 2.45) is 5.92 Å². The summed E-state index contributed by atoms with van der Waals surface area (Å²) in [6, 6.07) is 13.2. The largest absolute Gasteiger partial charge is 0.366 e. The van der Waals surface area contributed by atoms with E-state index in [1.165, 1.54) is 10.4 Å². The number of halogens is 2. The predicted octanol–water partition coefficient (Wildman–Crippen LogP) is 3.34. The van der Waals surface area contributed by atoms with Gasteiger partial charge in [0.1, 0.15) is 5.82 Å². The molecule has 2 saturated heterocycles. The number of hydrogen-bond donors (Lipinski definition) is 0. The molecule has 2 aromatic carbocycles. The van der Waals surface area contributed by atoms with Gasteiger partial charge in [0.2, 0.25) is 15.9 Å². The minimum absolute atomic E-state index is 0.0103. The lowest BCUT2D eigenvalue weighted by Gasteiger charge is -2.39. The molecule has 4 rings (SSSR count). The SMILES string of the molecule is O=C([C@H]1CCCN(S(=O)(=O)c2ccc(Br)cc2)C1)N1CCN(c2ccccc2F)CC1. The number of hydrogen-bond acceptors (Lipinski definition) is 4. The van der Waals surface area contributed by atoms with Crippen molar-refractivity contribution in [3.05, 3.63) is 58.8 Å². The van der Waals surface area contributed by atoms with Gasteiger partial charge in [0.05, 0.1) is 16.5 Å². The van der Waals surface area contributed by atoms with Crippen LogP contribution in [-0.4, -0.2) is 62.8 Å². The second-order valence-electron chi connectivity index (χ2n) is 7.92. The third-order valence-corrected chi connectivity index (χ3v) is 8.38. The standard InChI is InChI=1S/C22H25BrFN3O3S/c23-18-7-9-19(10-8-18)31(29,30)27-11-3-4-17(16-27)22(28)26-14-12-25(13-15-26)21-6-2-1-5-20(21)24/h1-2,5-10,17H,3-4,11-16H2/t17-/m0/s1. The summed E-state index contributed by atoms with van der Waals surface area (Å²) in [5, 5.41) is 0. The highest BCUT2D eigenvalue weighted by Gasteiger charge is 2.36. The van der Waals surface area contributed by atoms with Gasteiger partial charge in [-0.25, -0.2) is 12.8 Å². The van der Waals surface area contributed by atoms with Crippen molar-refractivity contribution >= 4 is 37.5 Å². The van der Waals surface area contributed by atoms with Crippen molar-refractivity contribution in [1.82, 2.24) is 9.21 Å². The lowest BCUT2D eigenvalue weighted by Crippen LogP contribution is -2.53. The molecular weight excluding hydrogens is 485 g/mol. The van der Waals surface area contributed by atoms with E-state index in [0.29, 0.717) is 51.3 Å². The normalized spacial score (nSPS) is 20.6. The number of piperazine rings is 1. The summed E-state index contributed by atoms with van der Waals surface area (Å²) in [5.74, 6) is -0.619. The summed E-state index contributed by atoms with van der Waals surface area (Å²) >= 11 is 3.32. The zero-order valence-corrected chi connectivity index (χ0v) is 19.5. The molecule has 0 bridgehead atoms. The average Bonchev–Trinajstić information content (AvgIpc) is 2.79. The molecule has 166 valence electrons. The van der Waals surface area contributed by atoms with Crippen LogP contribution in [0.25, 0.3) is 0 Å². The van der Waals surface area contributed by atoms with Crippen LogP contribution in [0.15, 0.2) is 57.9 Å². The van der Waals surface area contributed by atoms with Crippen molar-refractivity contribution in [3.63, 3.8) is 0 Å². The Kier molecular flexibility index (Phi) is 6.64. The summed E-state index contributed by atoms with van der Waals surface area (Å²) in [6.45, 7) is 2.74. The Morgan fingerprint density at radius 2 is 1.65 bits per heavy atom. The molecule has 31 heavy (non-hydrogen) atoms. The van der Waals surface area contributed by atoms with Crippen LogP contribution >= 0.6 is 15.9 Å². The molecular formula is C22H25BrFN3O3S. The number of nitrogens with zero attached hydrogens (tertiary/aromatic N) is 3. The zero-order valence-electron chi connectivity index (χ0n) is 17.1. The van der Waals surface area contributed by atoms with Gasteiger partial charge < -0.3 is 9.80 Å². The highest BCUT2D eigenvalue weighted by molar-refractivity contribution is 9.10. The quantitative estimate of drug-likeness (QED) is 0.634. The molecule has 0 N–H and O–H groups in total. The monoisotopic (exact) mass is 509 g/mol. The molecule has 2 heterocycles. The van der Waals surface area contributed by atoms with Crippen LogP contribution in [0, 0.1) is 11.7 Å². The first-order valence-electron chi connectivity index (χ1n) is 10.4. The highest BCUT2D eigenvalue weighted by atomic mass is 79.9. The molecule has 0 unspecified atom stereocenters. The highest BCUT2D eigenvalue weighted by Crippen LogP contribution is 2.27. The van der Waals surface area contributed by atoms with Crippen LogP contribution in [-0.2, 0) is 14.8 Å². The van der Waals surface area contributed by atoms with Crippen molar-refractivity contribution < 1.29 is 17.6 Å². The van der Waals surface area contributed by atoms with E-state index in [9.17, 15) is 17.6 Å². The molecule has 0 saturated carbocycles. The lowest BCUT2D eigenvalue weighted by molar-refractivity contribution is -0.137. The van der Waals surface area contributed by atoms with Crippen LogP contribution in [0.4, 0.5) is 10.1 Å². The second kappa shape index (κ2) is 9.26. The van der Waals surface area contributed by atoms with Crippen LogP contribution in [0.2, 0.25) is 0 Å². The second-order valence-corrected chi connectivity index (χ2v) is 10.8. The molecule has 1 amide bonds.